The van der Waals surface area contributed by atoms with Crippen LogP contribution in [0.2, 0.25) is 0 Å². The van der Waals surface area contributed by atoms with Gasteiger partial charge in [0.15, 0.2) is 0 Å². The van der Waals surface area contributed by atoms with Gasteiger partial charge in [0.2, 0.25) is 0 Å². The van der Waals surface area contributed by atoms with Crippen LogP contribution in [0.4, 0.5) is 17.6 Å². The van der Waals surface area contributed by atoms with Crippen LogP contribution in [0.1, 0.15) is 22.8 Å². The molecule has 1 atom stereocenters. The lowest BCUT2D eigenvalue weighted by Gasteiger charge is -2.17. The summed E-state index contributed by atoms with van der Waals surface area (Å²) in [6.07, 6.45) is -3.14. The molecule has 1 aromatic heterocycles. The van der Waals surface area contributed by atoms with E-state index in [-0.39, 0.29) is 12.0 Å². The third kappa shape index (κ3) is 3.33. The third-order valence-electron chi connectivity index (χ3n) is 2.83. The second-order valence-corrected chi connectivity index (χ2v) is 4.31. The number of hydrogen-bond donors (Lipinski definition) is 1. The SMILES string of the molecule is OC(Cc1cccnc1)c1ccc(F)cc1C(F)(F)F. The van der Waals surface area contributed by atoms with Gasteiger partial charge in [0.25, 0.3) is 0 Å². The molecule has 0 aliphatic carbocycles. The molecule has 1 unspecified atom stereocenters. The van der Waals surface area contributed by atoms with Gasteiger partial charge in [-0.15, -0.1) is 0 Å². The normalized spacial score (nSPS) is 13.2. The molecular formula is C14H11F4NO. The summed E-state index contributed by atoms with van der Waals surface area (Å²) < 4.78 is 51.5. The molecule has 0 aliphatic rings. The highest BCUT2D eigenvalue weighted by atomic mass is 19.4. The minimum absolute atomic E-state index is 0.0252. The van der Waals surface area contributed by atoms with Crippen molar-refractivity contribution in [3.05, 3.63) is 65.2 Å². The van der Waals surface area contributed by atoms with Crippen LogP contribution < -0.4 is 0 Å². The molecule has 2 aromatic rings. The molecule has 0 saturated heterocycles. The molecule has 0 bridgehead atoms. The summed E-state index contributed by atoms with van der Waals surface area (Å²) in [5.74, 6) is -0.991. The van der Waals surface area contributed by atoms with E-state index in [1.807, 2.05) is 0 Å². The molecule has 1 N–H and O–H groups in total. The Balaban J connectivity index is 2.32. The van der Waals surface area contributed by atoms with Crippen molar-refractivity contribution in [2.75, 3.05) is 0 Å². The van der Waals surface area contributed by atoms with E-state index in [9.17, 15) is 22.7 Å². The van der Waals surface area contributed by atoms with Gasteiger partial charge in [-0.1, -0.05) is 12.1 Å². The van der Waals surface area contributed by atoms with Gasteiger partial charge in [-0.3, -0.25) is 4.98 Å². The minimum Gasteiger partial charge on any atom is -0.388 e. The molecule has 0 saturated carbocycles. The molecule has 106 valence electrons. The van der Waals surface area contributed by atoms with E-state index in [4.69, 9.17) is 0 Å². The first-order valence-electron chi connectivity index (χ1n) is 5.81. The van der Waals surface area contributed by atoms with E-state index in [2.05, 4.69) is 4.98 Å². The monoisotopic (exact) mass is 285 g/mol. The molecule has 0 fully saturated rings. The van der Waals surface area contributed by atoms with E-state index >= 15 is 0 Å². The van der Waals surface area contributed by atoms with Gasteiger partial charge in [0, 0.05) is 18.8 Å². The lowest BCUT2D eigenvalue weighted by molar-refractivity contribution is -0.139. The topological polar surface area (TPSA) is 33.1 Å². The van der Waals surface area contributed by atoms with Crippen molar-refractivity contribution in [1.29, 1.82) is 0 Å². The van der Waals surface area contributed by atoms with Crippen molar-refractivity contribution < 1.29 is 22.7 Å². The highest BCUT2D eigenvalue weighted by Gasteiger charge is 2.35. The van der Waals surface area contributed by atoms with E-state index in [0.717, 1.165) is 12.1 Å². The summed E-state index contributed by atoms with van der Waals surface area (Å²) in [7, 11) is 0. The number of halogens is 4. The molecule has 1 aromatic carbocycles. The summed E-state index contributed by atoms with van der Waals surface area (Å²) in [5.41, 5.74) is -0.908. The number of hydrogen-bond acceptors (Lipinski definition) is 2. The van der Waals surface area contributed by atoms with Crippen molar-refractivity contribution in [2.45, 2.75) is 18.7 Å². The zero-order valence-corrected chi connectivity index (χ0v) is 10.2. The standard InChI is InChI=1S/C14H11F4NO/c15-10-3-4-11(12(7-10)14(16,17)18)13(20)6-9-2-1-5-19-8-9/h1-5,7-8,13,20H,6H2. The van der Waals surface area contributed by atoms with Gasteiger partial charge >= 0.3 is 6.18 Å². The maximum Gasteiger partial charge on any atom is 0.416 e. The zero-order valence-electron chi connectivity index (χ0n) is 10.2. The van der Waals surface area contributed by atoms with Gasteiger partial charge in [-0.2, -0.15) is 13.2 Å². The van der Waals surface area contributed by atoms with Crippen molar-refractivity contribution in [2.24, 2.45) is 0 Å². The fourth-order valence-corrected chi connectivity index (χ4v) is 1.92. The Morgan fingerprint density at radius 3 is 2.55 bits per heavy atom. The van der Waals surface area contributed by atoms with Crippen LogP contribution in [0.15, 0.2) is 42.7 Å². The number of benzene rings is 1. The second-order valence-electron chi connectivity index (χ2n) is 4.31. The molecule has 0 aliphatic heterocycles. The third-order valence-corrected chi connectivity index (χ3v) is 2.83. The molecule has 2 nitrogen and oxygen atoms in total. The lowest BCUT2D eigenvalue weighted by Crippen LogP contribution is -2.14. The van der Waals surface area contributed by atoms with E-state index in [1.165, 1.54) is 12.4 Å². The molecule has 1 heterocycles. The quantitative estimate of drug-likeness (QED) is 0.875. The molecule has 0 radical (unpaired) electrons. The summed E-state index contributed by atoms with van der Waals surface area (Å²) in [6.45, 7) is 0. The number of aliphatic hydroxyl groups excluding tert-OH is 1. The average Bonchev–Trinajstić information content (AvgIpc) is 2.38. The number of aromatic nitrogens is 1. The van der Waals surface area contributed by atoms with Crippen LogP contribution in [-0.2, 0) is 12.6 Å². The molecule has 0 amide bonds. The van der Waals surface area contributed by atoms with Crippen LogP contribution in [0, 0.1) is 5.82 Å². The van der Waals surface area contributed by atoms with Gasteiger partial charge in [0.05, 0.1) is 11.7 Å². The van der Waals surface area contributed by atoms with Crippen LogP contribution in [-0.4, -0.2) is 10.1 Å². The summed E-state index contributed by atoms with van der Waals surface area (Å²) >= 11 is 0. The predicted molar refractivity (Wildman–Crippen MR) is 64.3 cm³/mol. The predicted octanol–water partition coefficient (Wildman–Crippen LogP) is 3.52. The van der Waals surface area contributed by atoms with Crippen LogP contribution >= 0.6 is 0 Å². The Labute approximate surface area is 112 Å². The Kier molecular flexibility index (Phi) is 4.04. The summed E-state index contributed by atoms with van der Waals surface area (Å²) in [6, 6.07) is 5.52. The summed E-state index contributed by atoms with van der Waals surface area (Å²) in [5, 5.41) is 9.96. The highest BCUT2D eigenvalue weighted by Crippen LogP contribution is 2.35. The molecule has 20 heavy (non-hydrogen) atoms. The lowest BCUT2D eigenvalue weighted by atomic mass is 9.97. The average molecular weight is 285 g/mol. The Hall–Kier alpha value is -1.95. The van der Waals surface area contributed by atoms with Crippen LogP contribution in [0.3, 0.4) is 0 Å². The highest BCUT2D eigenvalue weighted by molar-refractivity contribution is 5.33. The fourth-order valence-electron chi connectivity index (χ4n) is 1.92. The Morgan fingerprint density at radius 2 is 1.95 bits per heavy atom. The number of rotatable bonds is 3. The van der Waals surface area contributed by atoms with Gasteiger partial charge in [-0.25, -0.2) is 4.39 Å². The minimum atomic E-state index is -4.71. The Morgan fingerprint density at radius 1 is 1.20 bits per heavy atom. The molecular weight excluding hydrogens is 274 g/mol. The van der Waals surface area contributed by atoms with E-state index < -0.39 is 23.7 Å². The fraction of sp³-hybridized carbons (Fsp3) is 0.214. The molecule has 0 spiro atoms. The van der Waals surface area contributed by atoms with E-state index in [1.54, 1.807) is 12.1 Å². The smallest absolute Gasteiger partial charge is 0.388 e. The molecule has 2 rings (SSSR count). The maximum atomic E-state index is 13.0. The second kappa shape index (κ2) is 5.58. The first kappa shape index (κ1) is 14.5. The van der Waals surface area contributed by atoms with Crippen LogP contribution in [0.25, 0.3) is 0 Å². The van der Waals surface area contributed by atoms with Gasteiger partial charge in [-0.05, 0) is 29.3 Å². The number of nitrogens with zero attached hydrogens (tertiary/aromatic N) is 1. The van der Waals surface area contributed by atoms with Crippen molar-refractivity contribution in [3.63, 3.8) is 0 Å². The van der Waals surface area contributed by atoms with E-state index in [0.29, 0.717) is 11.6 Å². The Bertz CT molecular complexity index is 583. The number of aliphatic hydroxyl groups is 1. The molecule has 6 heteroatoms. The largest absolute Gasteiger partial charge is 0.416 e. The first-order valence-corrected chi connectivity index (χ1v) is 5.81. The van der Waals surface area contributed by atoms with Gasteiger partial charge < -0.3 is 5.11 Å². The van der Waals surface area contributed by atoms with Crippen molar-refractivity contribution in [3.8, 4) is 0 Å². The van der Waals surface area contributed by atoms with Crippen LogP contribution in [0.5, 0.6) is 0 Å². The van der Waals surface area contributed by atoms with Crippen molar-refractivity contribution >= 4 is 0 Å². The maximum absolute atomic E-state index is 13.0. The summed E-state index contributed by atoms with van der Waals surface area (Å²) in [4.78, 5) is 3.82. The first-order chi connectivity index (χ1) is 9.38. The zero-order chi connectivity index (χ0) is 14.8. The van der Waals surface area contributed by atoms with Crippen molar-refractivity contribution in [1.82, 2.24) is 4.98 Å². The number of alkyl halides is 3. The van der Waals surface area contributed by atoms with Gasteiger partial charge in [0.1, 0.15) is 5.82 Å². The number of pyridine rings is 1.